The van der Waals surface area contributed by atoms with Gasteiger partial charge in [0.1, 0.15) is 5.75 Å². The van der Waals surface area contributed by atoms with Crippen LogP contribution in [0.4, 0.5) is 11.4 Å². The highest BCUT2D eigenvalue weighted by Gasteiger charge is 2.15. The Bertz CT molecular complexity index is 818. The van der Waals surface area contributed by atoms with Crippen molar-refractivity contribution in [2.75, 3.05) is 30.4 Å². The van der Waals surface area contributed by atoms with Gasteiger partial charge in [0.2, 0.25) is 11.8 Å². The van der Waals surface area contributed by atoms with Crippen molar-refractivity contribution in [1.29, 1.82) is 0 Å². The molecule has 2 aromatic rings. The molecule has 0 spiro atoms. The lowest BCUT2D eigenvalue weighted by atomic mass is 10.1. The van der Waals surface area contributed by atoms with Crippen LogP contribution in [0.2, 0.25) is 0 Å². The van der Waals surface area contributed by atoms with Gasteiger partial charge in [-0.05, 0) is 43.3 Å². The van der Waals surface area contributed by atoms with Gasteiger partial charge in [-0.25, -0.2) is 0 Å². The fraction of sp³-hybridized carbons (Fsp3) is 0.250. The smallest absolute Gasteiger partial charge is 0.243 e. The fourth-order valence-electron chi connectivity index (χ4n) is 2.60. The predicted octanol–water partition coefficient (Wildman–Crippen LogP) is 2.22. The van der Waals surface area contributed by atoms with Crippen molar-refractivity contribution in [2.24, 2.45) is 5.73 Å². The Balaban J connectivity index is 2.15. The van der Waals surface area contributed by atoms with E-state index in [0.717, 1.165) is 5.69 Å². The molecule has 0 aromatic heterocycles. The van der Waals surface area contributed by atoms with E-state index < -0.39 is 5.91 Å². The van der Waals surface area contributed by atoms with E-state index in [9.17, 15) is 14.4 Å². The number of ketones is 1. The van der Waals surface area contributed by atoms with E-state index in [1.165, 1.54) is 6.92 Å². The topological polar surface area (TPSA) is 102 Å². The minimum absolute atomic E-state index is 0.00580. The Labute approximate surface area is 158 Å². The second-order valence-electron chi connectivity index (χ2n) is 5.99. The summed E-state index contributed by atoms with van der Waals surface area (Å²) in [4.78, 5) is 37.2. The van der Waals surface area contributed by atoms with Gasteiger partial charge in [0.15, 0.2) is 5.78 Å². The average Bonchev–Trinajstić information content (AvgIpc) is 2.65. The van der Waals surface area contributed by atoms with Crippen LogP contribution in [0.5, 0.6) is 5.75 Å². The summed E-state index contributed by atoms with van der Waals surface area (Å²) in [6, 6.07) is 14.0. The molecular weight excluding hydrogens is 346 g/mol. The Morgan fingerprint density at radius 2 is 1.74 bits per heavy atom. The number of para-hydroxylation sites is 1. The van der Waals surface area contributed by atoms with E-state index in [0.29, 0.717) is 23.5 Å². The molecular formula is C20H23N3O4. The van der Waals surface area contributed by atoms with Crippen LogP contribution >= 0.6 is 0 Å². The first kappa shape index (κ1) is 20.0. The van der Waals surface area contributed by atoms with Crippen LogP contribution < -0.4 is 20.7 Å². The zero-order valence-corrected chi connectivity index (χ0v) is 15.4. The molecule has 2 rings (SSSR count). The minimum atomic E-state index is -0.448. The van der Waals surface area contributed by atoms with Crippen molar-refractivity contribution >= 4 is 29.0 Å². The van der Waals surface area contributed by atoms with Crippen LogP contribution in [-0.2, 0) is 9.59 Å². The lowest BCUT2D eigenvalue weighted by Crippen LogP contribution is -2.35. The molecule has 0 heterocycles. The average molecular weight is 369 g/mol. The molecule has 7 nitrogen and oxygen atoms in total. The summed E-state index contributed by atoms with van der Waals surface area (Å²) in [5, 5.41) is 2.76. The maximum Gasteiger partial charge on any atom is 0.243 e. The van der Waals surface area contributed by atoms with Crippen LogP contribution in [-0.4, -0.2) is 37.8 Å². The first-order chi connectivity index (χ1) is 12.9. The highest BCUT2D eigenvalue weighted by atomic mass is 16.5. The molecule has 142 valence electrons. The molecule has 2 amide bonds. The van der Waals surface area contributed by atoms with Crippen LogP contribution in [0.15, 0.2) is 48.5 Å². The second-order valence-corrected chi connectivity index (χ2v) is 5.99. The number of benzene rings is 2. The quantitative estimate of drug-likeness (QED) is 0.660. The molecule has 27 heavy (non-hydrogen) atoms. The fourth-order valence-corrected chi connectivity index (χ4v) is 2.60. The molecule has 0 aliphatic rings. The third kappa shape index (κ3) is 5.85. The van der Waals surface area contributed by atoms with Crippen molar-refractivity contribution < 1.29 is 19.1 Å². The number of hydrogen-bond acceptors (Lipinski definition) is 5. The number of hydrogen-bond donors (Lipinski definition) is 2. The molecule has 0 saturated carbocycles. The molecule has 0 saturated heterocycles. The van der Waals surface area contributed by atoms with E-state index in [2.05, 4.69) is 5.32 Å². The molecule has 0 aliphatic heterocycles. The minimum Gasteiger partial charge on any atom is -0.497 e. The van der Waals surface area contributed by atoms with Gasteiger partial charge in [0.25, 0.3) is 0 Å². The lowest BCUT2D eigenvalue weighted by molar-refractivity contribution is -0.118. The van der Waals surface area contributed by atoms with E-state index in [1.807, 2.05) is 0 Å². The van der Waals surface area contributed by atoms with Gasteiger partial charge in [0, 0.05) is 24.2 Å². The molecule has 0 unspecified atom stereocenters. The van der Waals surface area contributed by atoms with Gasteiger partial charge in [-0.3, -0.25) is 14.4 Å². The Morgan fingerprint density at radius 3 is 2.33 bits per heavy atom. The summed E-state index contributed by atoms with van der Waals surface area (Å²) < 4.78 is 5.14. The van der Waals surface area contributed by atoms with Gasteiger partial charge >= 0.3 is 0 Å². The number of methoxy groups -OCH3 is 1. The highest BCUT2D eigenvalue weighted by Crippen LogP contribution is 2.20. The maximum atomic E-state index is 12.5. The standard InChI is InChI=1S/C20H23N3O4/c1-14(24)17-5-3-4-6-18(17)22-20(26)13-23(12-11-19(21)25)15-7-9-16(27-2)10-8-15/h3-10H,11-13H2,1-2H3,(H2,21,25)(H,22,26). The number of rotatable bonds is 9. The van der Waals surface area contributed by atoms with E-state index in [-0.39, 0.29) is 24.7 Å². The summed E-state index contributed by atoms with van der Waals surface area (Å²) in [5.74, 6) is -0.195. The molecule has 0 fully saturated rings. The van der Waals surface area contributed by atoms with Crippen molar-refractivity contribution in [2.45, 2.75) is 13.3 Å². The molecule has 0 aliphatic carbocycles. The second kappa shape index (κ2) is 9.38. The molecule has 3 N–H and O–H groups in total. The summed E-state index contributed by atoms with van der Waals surface area (Å²) >= 11 is 0. The number of nitrogens with one attached hydrogen (secondary N) is 1. The van der Waals surface area contributed by atoms with Crippen LogP contribution in [0.3, 0.4) is 0 Å². The molecule has 2 aromatic carbocycles. The number of nitrogens with zero attached hydrogens (tertiary/aromatic N) is 1. The number of anilines is 2. The highest BCUT2D eigenvalue weighted by molar-refractivity contribution is 6.04. The van der Waals surface area contributed by atoms with Gasteiger partial charge < -0.3 is 20.7 Å². The zero-order valence-electron chi connectivity index (χ0n) is 15.4. The van der Waals surface area contributed by atoms with Gasteiger partial charge in [-0.1, -0.05) is 12.1 Å². The Morgan fingerprint density at radius 1 is 1.07 bits per heavy atom. The monoisotopic (exact) mass is 369 g/mol. The van der Waals surface area contributed by atoms with Crippen molar-refractivity contribution in [3.05, 3.63) is 54.1 Å². The summed E-state index contributed by atoms with van der Waals surface area (Å²) in [6.07, 6.45) is 0.114. The summed E-state index contributed by atoms with van der Waals surface area (Å²) in [5.41, 5.74) is 6.91. The number of Topliss-reactive ketones (excluding diaryl/α,β-unsaturated/α-hetero) is 1. The van der Waals surface area contributed by atoms with Gasteiger partial charge in [-0.15, -0.1) is 0 Å². The Kier molecular flexibility index (Phi) is 6.93. The van der Waals surface area contributed by atoms with E-state index in [1.54, 1.807) is 60.5 Å². The zero-order chi connectivity index (χ0) is 19.8. The van der Waals surface area contributed by atoms with Crippen molar-refractivity contribution in [3.8, 4) is 5.75 Å². The number of carbonyl (C=O) groups is 3. The molecule has 0 bridgehead atoms. The van der Waals surface area contributed by atoms with Crippen LogP contribution in [0.25, 0.3) is 0 Å². The SMILES string of the molecule is COc1ccc(N(CCC(N)=O)CC(=O)Nc2ccccc2C(C)=O)cc1. The first-order valence-electron chi connectivity index (χ1n) is 8.48. The van der Waals surface area contributed by atoms with E-state index in [4.69, 9.17) is 10.5 Å². The van der Waals surface area contributed by atoms with Crippen molar-refractivity contribution in [3.63, 3.8) is 0 Å². The summed E-state index contributed by atoms with van der Waals surface area (Å²) in [7, 11) is 1.57. The maximum absolute atomic E-state index is 12.5. The number of ether oxygens (including phenoxy) is 1. The normalized spacial score (nSPS) is 10.1. The molecule has 0 radical (unpaired) electrons. The van der Waals surface area contributed by atoms with Crippen LogP contribution in [0, 0.1) is 0 Å². The lowest BCUT2D eigenvalue weighted by Gasteiger charge is -2.24. The number of nitrogens with two attached hydrogens (primary N) is 1. The number of amides is 2. The molecule has 7 heteroatoms. The van der Waals surface area contributed by atoms with Crippen LogP contribution in [0.1, 0.15) is 23.7 Å². The Hall–Kier alpha value is -3.35. The number of primary amides is 1. The van der Waals surface area contributed by atoms with Gasteiger partial charge in [-0.2, -0.15) is 0 Å². The van der Waals surface area contributed by atoms with Gasteiger partial charge in [0.05, 0.1) is 19.3 Å². The first-order valence-corrected chi connectivity index (χ1v) is 8.48. The number of carbonyl (C=O) groups excluding carboxylic acids is 3. The summed E-state index contributed by atoms with van der Waals surface area (Å²) in [6.45, 7) is 1.75. The predicted molar refractivity (Wildman–Crippen MR) is 104 cm³/mol. The van der Waals surface area contributed by atoms with Crippen molar-refractivity contribution in [1.82, 2.24) is 0 Å². The molecule has 0 atom stereocenters. The van der Waals surface area contributed by atoms with E-state index >= 15 is 0 Å². The largest absolute Gasteiger partial charge is 0.497 e. The third-order valence-corrected chi connectivity index (χ3v) is 3.98. The third-order valence-electron chi connectivity index (χ3n) is 3.98.